The van der Waals surface area contributed by atoms with Gasteiger partial charge >= 0.3 is 0 Å². The van der Waals surface area contributed by atoms with Crippen LogP contribution in [-0.4, -0.2) is 20.3 Å². The zero-order chi connectivity index (χ0) is 55.6. The van der Waals surface area contributed by atoms with Gasteiger partial charge in [0.15, 0.2) is 23.0 Å². The SMILES string of the molecule is CC(C)(C)c1ccc(N2c3ccc(C(C)(C)C)cc3B3c4ccc5c(c4N(c4cccc6c4OCO6)c4cc(N(c6ccc7c(c6)C(C)(C)c6ccccc6-7)c6ccc7cc(-c8cc9ccccc9o8)ccc7c6)cc2c43)OCO5)cc1. The van der Waals surface area contributed by atoms with Gasteiger partial charge < -0.3 is 38.1 Å². The highest BCUT2D eigenvalue weighted by molar-refractivity contribution is 7.00. The number of hydrogen-bond acceptors (Lipinski definition) is 8. The van der Waals surface area contributed by atoms with Crippen LogP contribution >= 0.6 is 0 Å². The number of hydrogen-bond donors (Lipinski definition) is 0. The number of para-hydroxylation sites is 2. The van der Waals surface area contributed by atoms with Gasteiger partial charge in [0.05, 0.1) is 17.1 Å². The van der Waals surface area contributed by atoms with Crippen LogP contribution in [0.15, 0.2) is 199 Å². The molecule has 10 aromatic carbocycles. The molecule has 1 aliphatic carbocycles. The van der Waals surface area contributed by atoms with E-state index in [0.717, 1.165) is 89.7 Å². The van der Waals surface area contributed by atoms with Crippen molar-refractivity contribution in [3.63, 3.8) is 0 Å². The third kappa shape index (κ3) is 7.24. The molecule has 82 heavy (non-hydrogen) atoms. The number of fused-ring (bicyclic) bond motifs is 12. The normalized spacial score (nSPS) is 14.9. The zero-order valence-corrected chi connectivity index (χ0v) is 47.3. The molecule has 5 aliphatic rings. The van der Waals surface area contributed by atoms with Crippen LogP contribution < -0.4 is 50.0 Å². The van der Waals surface area contributed by atoms with Crippen LogP contribution in [0.25, 0.3) is 44.2 Å². The van der Waals surface area contributed by atoms with E-state index in [-0.39, 0.29) is 36.5 Å². The van der Waals surface area contributed by atoms with Crippen molar-refractivity contribution in [2.45, 2.75) is 71.6 Å². The van der Waals surface area contributed by atoms with Gasteiger partial charge in [-0.25, -0.2) is 0 Å². The van der Waals surface area contributed by atoms with Gasteiger partial charge in [-0.2, -0.15) is 0 Å². The number of nitrogens with zero attached hydrogens (tertiary/aromatic N) is 3. The van der Waals surface area contributed by atoms with Crippen LogP contribution in [0.5, 0.6) is 23.0 Å². The first kappa shape index (κ1) is 48.6. The van der Waals surface area contributed by atoms with Gasteiger partial charge in [0.2, 0.25) is 13.6 Å². The maximum atomic E-state index is 6.65. The highest BCUT2D eigenvalue weighted by Crippen LogP contribution is 2.57. The predicted molar refractivity (Wildman–Crippen MR) is 335 cm³/mol. The lowest BCUT2D eigenvalue weighted by molar-refractivity contribution is 0.174. The summed E-state index contributed by atoms with van der Waals surface area (Å²) in [5.41, 5.74) is 21.8. The van der Waals surface area contributed by atoms with Crippen molar-refractivity contribution in [3.8, 4) is 45.4 Å². The maximum Gasteiger partial charge on any atom is 0.252 e. The van der Waals surface area contributed by atoms with Gasteiger partial charge in [-0.15, -0.1) is 0 Å². The van der Waals surface area contributed by atoms with Crippen LogP contribution in [0.1, 0.15) is 77.6 Å². The quantitative estimate of drug-likeness (QED) is 0.153. The summed E-state index contributed by atoms with van der Waals surface area (Å²) >= 11 is 0. The summed E-state index contributed by atoms with van der Waals surface area (Å²) in [6.07, 6.45) is 0. The van der Waals surface area contributed by atoms with Gasteiger partial charge in [-0.05, 0) is 162 Å². The monoisotopic (exact) mass is 1070 g/mol. The van der Waals surface area contributed by atoms with Crippen molar-refractivity contribution >= 4 is 96.0 Å². The Labute approximate surface area is 478 Å². The lowest BCUT2D eigenvalue weighted by Crippen LogP contribution is -2.61. The molecule has 4 aliphatic heterocycles. The Morgan fingerprint density at radius 2 is 1.15 bits per heavy atom. The summed E-state index contributed by atoms with van der Waals surface area (Å²) in [5, 5.41) is 3.31. The molecule has 0 fully saturated rings. The van der Waals surface area contributed by atoms with Crippen molar-refractivity contribution in [1.29, 1.82) is 0 Å². The molecule has 0 radical (unpaired) electrons. The van der Waals surface area contributed by atoms with Crippen LogP contribution in [0.4, 0.5) is 51.2 Å². The third-order valence-electron chi connectivity index (χ3n) is 17.9. The van der Waals surface area contributed by atoms with Gasteiger partial charge in [0.25, 0.3) is 6.71 Å². The van der Waals surface area contributed by atoms with Crippen molar-refractivity contribution < 1.29 is 23.4 Å². The summed E-state index contributed by atoms with van der Waals surface area (Å²) < 4.78 is 32.0. The zero-order valence-electron chi connectivity index (χ0n) is 47.3. The fourth-order valence-electron chi connectivity index (χ4n) is 13.7. The summed E-state index contributed by atoms with van der Waals surface area (Å²) in [4.78, 5) is 7.35. The largest absolute Gasteiger partial charge is 0.456 e. The summed E-state index contributed by atoms with van der Waals surface area (Å²) in [5.74, 6) is 3.63. The highest BCUT2D eigenvalue weighted by atomic mass is 16.7. The highest BCUT2D eigenvalue weighted by Gasteiger charge is 2.48. The Balaban J connectivity index is 0.994. The van der Waals surface area contributed by atoms with Crippen molar-refractivity contribution in [1.82, 2.24) is 0 Å². The van der Waals surface area contributed by atoms with E-state index >= 15 is 0 Å². The summed E-state index contributed by atoms with van der Waals surface area (Å²) in [7, 11) is 0. The Morgan fingerprint density at radius 3 is 1.95 bits per heavy atom. The standard InChI is InChI=1S/C73H60BN3O5/c1-71(2,3)47-23-27-49(28-24-47)76-59-32-25-48(72(4,5)6)37-58(59)74-57-31-33-65-70(81-42-79-65)68(57)77(60-17-13-19-64-69(60)80-41-78-64)62-40-52(39-61(76)67(62)74)75(51-29-30-54-53-15-10-11-16-55(53)73(7,8)56(54)38-51)50-26-22-43-34-46(21-20-44(43)35-50)66-36-45-14-9-12-18-63(45)82-66/h9-40H,41-42H2,1-8H3. The molecule has 400 valence electrons. The van der Waals surface area contributed by atoms with E-state index in [0.29, 0.717) is 23.0 Å². The van der Waals surface area contributed by atoms with E-state index in [1.165, 1.54) is 44.3 Å². The first-order valence-corrected chi connectivity index (χ1v) is 28.6. The molecule has 0 amide bonds. The number of furan rings is 1. The third-order valence-corrected chi connectivity index (χ3v) is 17.9. The van der Waals surface area contributed by atoms with Crippen LogP contribution in [0.2, 0.25) is 0 Å². The molecule has 0 unspecified atom stereocenters. The molecule has 0 spiro atoms. The molecule has 0 saturated carbocycles. The number of rotatable bonds is 6. The van der Waals surface area contributed by atoms with E-state index < -0.39 is 0 Å². The summed E-state index contributed by atoms with van der Waals surface area (Å²) in [6.45, 7) is 18.5. The second-order valence-electron chi connectivity index (χ2n) is 25.2. The number of benzene rings is 10. The molecule has 16 rings (SSSR count). The predicted octanol–water partition coefficient (Wildman–Crippen LogP) is 17.2. The fourth-order valence-corrected chi connectivity index (χ4v) is 13.7. The molecule has 1 aromatic heterocycles. The van der Waals surface area contributed by atoms with E-state index in [4.69, 9.17) is 23.4 Å². The minimum absolute atomic E-state index is 0.0384. The van der Waals surface area contributed by atoms with Gasteiger partial charge in [-0.1, -0.05) is 159 Å². The Morgan fingerprint density at radius 1 is 0.463 bits per heavy atom. The van der Waals surface area contributed by atoms with Crippen LogP contribution in [0.3, 0.4) is 0 Å². The van der Waals surface area contributed by atoms with E-state index in [9.17, 15) is 0 Å². The maximum absolute atomic E-state index is 6.65. The second-order valence-corrected chi connectivity index (χ2v) is 25.2. The Hall–Kier alpha value is -9.34. The van der Waals surface area contributed by atoms with Crippen LogP contribution in [-0.2, 0) is 16.2 Å². The number of ether oxygens (including phenoxy) is 4. The average molecular weight is 1070 g/mol. The van der Waals surface area contributed by atoms with E-state index in [1.807, 2.05) is 18.2 Å². The topological polar surface area (TPSA) is 59.8 Å². The first-order chi connectivity index (χ1) is 39.7. The molecule has 11 aromatic rings. The van der Waals surface area contributed by atoms with Crippen molar-refractivity contribution in [2.24, 2.45) is 0 Å². The minimum Gasteiger partial charge on any atom is -0.456 e. The first-order valence-electron chi connectivity index (χ1n) is 28.6. The molecule has 5 heterocycles. The lowest BCUT2D eigenvalue weighted by atomic mass is 9.33. The Bertz CT molecular complexity index is 4470. The molecule has 8 nitrogen and oxygen atoms in total. The van der Waals surface area contributed by atoms with Crippen LogP contribution in [0, 0.1) is 0 Å². The summed E-state index contributed by atoms with van der Waals surface area (Å²) in [6, 6.07) is 71.6. The minimum atomic E-state index is -0.247. The molecule has 0 N–H and O–H groups in total. The number of anilines is 9. The molecule has 0 saturated heterocycles. The second kappa shape index (κ2) is 17.3. The van der Waals surface area contributed by atoms with Gasteiger partial charge in [0, 0.05) is 50.5 Å². The molecular weight excluding hydrogens is 1010 g/mol. The van der Waals surface area contributed by atoms with E-state index in [1.54, 1.807) is 0 Å². The smallest absolute Gasteiger partial charge is 0.252 e. The van der Waals surface area contributed by atoms with Crippen molar-refractivity contribution in [3.05, 3.63) is 216 Å². The van der Waals surface area contributed by atoms with Gasteiger partial charge in [-0.3, -0.25) is 0 Å². The fraction of sp³-hybridized carbons (Fsp3) is 0.178. The molecule has 0 bridgehead atoms. The van der Waals surface area contributed by atoms with Gasteiger partial charge in [0.1, 0.15) is 11.3 Å². The molecular formula is C73H60BN3O5. The van der Waals surface area contributed by atoms with Crippen molar-refractivity contribution in [2.75, 3.05) is 28.3 Å². The lowest BCUT2D eigenvalue weighted by Gasteiger charge is -2.45. The molecule has 0 atom stereocenters. The molecule has 9 heteroatoms. The Kier molecular flexibility index (Phi) is 10.3. The average Bonchev–Trinajstić information content (AvgIpc) is 1.43. The van der Waals surface area contributed by atoms with E-state index in [2.05, 4.69) is 246 Å².